The van der Waals surface area contributed by atoms with E-state index in [0.717, 1.165) is 0 Å². The van der Waals surface area contributed by atoms with Gasteiger partial charge in [-0.05, 0) is 25.8 Å². The summed E-state index contributed by atoms with van der Waals surface area (Å²) in [6, 6.07) is 4.27. The van der Waals surface area contributed by atoms with E-state index < -0.39 is 17.6 Å². The van der Waals surface area contributed by atoms with E-state index in [4.69, 9.17) is 15.8 Å². The monoisotopic (exact) mass is 238 g/mol. The Balaban J connectivity index is 3.15. The molecular weight excluding hydrogens is 223 g/mol. The lowest BCUT2D eigenvalue weighted by atomic mass is 9.78. The molecule has 0 saturated carbocycles. The second-order valence-electron chi connectivity index (χ2n) is 4.69. The molecule has 17 heavy (non-hydrogen) atoms. The second-order valence-corrected chi connectivity index (χ2v) is 4.69. The molecule has 0 aliphatic carbocycles. The lowest BCUT2D eigenvalue weighted by Gasteiger charge is -2.18. The molecule has 0 radical (unpaired) electrons. The van der Waals surface area contributed by atoms with Crippen LogP contribution in [-0.4, -0.2) is 27.6 Å². The molecule has 0 bridgehead atoms. The van der Waals surface area contributed by atoms with Gasteiger partial charge in [-0.15, -0.1) is 0 Å². The molecule has 0 atom stereocenters. The fraction of sp³-hybridized carbons (Fsp3) is 0.400. The highest BCUT2D eigenvalue weighted by Gasteiger charge is 2.24. The van der Waals surface area contributed by atoms with Gasteiger partial charge in [0.1, 0.15) is 0 Å². The van der Waals surface area contributed by atoms with E-state index in [1.54, 1.807) is 6.07 Å². The van der Waals surface area contributed by atoms with Crippen LogP contribution in [0.5, 0.6) is 0 Å². The lowest BCUT2D eigenvalue weighted by Crippen LogP contribution is -2.35. The zero-order chi connectivity index (χ0) is 13.2. The second kappa shape index (κ2) is 4.83. The quantitative estimate of drug-likeness (QED) is 0.374. The smallest absolute Gasteiger partial charge is 0.423 e. The van der Waals surface area contributed by atoms with Crippen LogP contribution in [0.15, 0.2) is 18.2 Å². The highest BCUT2D eigenvalue weighted by molar-refractivity contribution is 6.60. The molecule has 4 N–H and O–H groups in total. The van der Waals surface area contributed by atoms with Crippen LogP contribution in [0.4, 0.5) is 5.69 Å². The normalized spacial score (nSPS) is 11.4. The lowest BCUT2D eigenvalue weighted by molar-refractivity contribution is -0.383. The zero-order valence-electron chi connectivity index (χ0n) is 9.75. The van der Waals surface area contributed by atoms with Gasteiger partial charge in [-0.25, -0.2) is 0 Å². The Kier molecular flexibility index (Phi) is 3.87. The number of nitro groups is 1. The number of hydrogen-bond acceptors (Lipinski definition) is 5. The molecule has 0 fully saturated rings. The number of nitrogens with two attached hydrogens (primary N) is 1. The highest BCUT2D eigenvalue weighted by atomic mass is 16.6. The number of benzene rings is 1. The maximum atomic E-state index is 10.8. The Morgan fingerprint density at radius 1 is 1.47 bits per heavy atom. The molecule has 7 heteroatoms. The number of hydrogen-bond donors (Lipinski definition) is 3. The van der Waals surface area contributed by atoms with Crippen molar-refractivity contribution in [2.45, 2.75) is 25.8 Å². The van der Waals surface area contributed by atoms with E-state index >= 15 is 0 Å². The Morgan fingerprint density at radius 3 is 2.47 bits per heavy atom. The molecule has 0 spiro atoms. The molecule has 1 aromatic rings. The molecule has 0 saturated heterocycles. The minimum absolute atomic E-state index is 0.117. The minimum Gasteiger partial charge on any atom is -0.423 e. The van der Waals surface area contributed by atoms with E-state index in [2.05, 4.69) is 0 Å². The molecule has 0 heterocycles. The van der Waals surface area contributed by atoms with Gasteiger partial charge in [-0.3, -0.25) is 10.1 Å². The first-order valence-electron chi connectivity index (χ1n) is 5.13. The third-order valence-corrected chi connectivity index (χ3v) is 2.23. The minimum atomic E-state index is -1.85. The van der Waals surface area contributed by atoms with Crippen molar-refractivity contribution < 1.29 is 15.0 Å². The van der Waals surface area contributed by atoms with Gasteiger partial charge in [0.2, 0.25) is 0 Å². The van der Waals surface area contributed by atoms with Crippen LogP contribution < -0.4 is 11.2 Å². The zero-order valence-corrected chi connectivity index (χ0v) is 9.75. The Hall–Kier alpha value is -1.44. The van der Waals surface area contributed by atoms with Crippen molar-refractivity contribution in [2.24, 2.45) is 5.73 Å². The van der Waals surface area contributed by atoms with E-state index in [0.29, 0.717) is 12.0 Å². The summed E-state index contributed by atoms with van der Waals surface area (Å²) >= 11 is 0. The van der Waals surface area contributed by atoms with Crippen molar-refractivity contribution in [2.75, 3.05) is 0 Å². The molecule has 92 valence electrons. The first-order chi connectivity index (χ1) is 7.70. The van der Waals surface area contributed by atoms with Crippen molar-refractivity contribution in [1.29, 1.82) is 0 Å². The van der Waals surface area contributed by atoms with Crippen LogP contribution >= 0.6 is 0 Å². The maximum absolute atomic E-state index is 10.8. The fourth-order valence-corrected chi connectivity index (χ4v) is 1.60. The van der Waals surface area contributed by atoms with Crippen molar-refractivity contribution in [1.82, 2.24) is 0 Å². The predicted molar refractivity (Wildman–Crippen MR) is 64.9 cm³/mol. The average Bonchev–Trinajstić information content (AvgIpc) is 2.14. The molecule has 1 aromatic carbocycles. The third kappa shape index (κ3) is 3.81. The molecule has 0 amide bonds. The molecule has 6 nitrogen and oxygen atoms in total. The van der Waals surface area contributed by atoms with Crippen LogP contribution in [0.2, 0.25) is 0 Å². The van der Waals surface area contributed by atoms with Gasteiger partial charge in [0, 0.05) is 11.6 Å². The first kappa shape index (κ1) is 13.6. The summed E-state index contributed by atoms with van der Waals surface area (Å²) in [6.45, 7) is 3.63. The molecule has 0 aliphatic heterocycles. The Morgan fingerprint density at radius 2 is 2.06 bits per heavy atom. The van der Waals surface area contributed by atoms with Crippen LogP contribution in [-0.2, 0) is 6.42 Å². The SMILES string of the molecule is CC(C)(N)Cc1ccc(B(O)O)c([N+](=O)[O-])c1. The van der Waals surface area contributed by atoms with Crippen molar-refractivity contribution in [3.05, 3.63) is 33.9 Å². The number of nitrogens with zero attached hydrogens (tertiary/aromatic N) is 1. The van der Waals surface area contributed by atoms with Gasteiger partial charge in [-0.2, -0.15) is 0 Å². The van der Waals surface area contributed by atoms with Gasteiger partial charge < -0.3 is 15.8 Å². The third-order valence-electron chi connectivity index (χ3n) is 2.23. The first-order valence-corrected chi connectivity index (χ1v) is 5.13. The molecular formula is C10H15BN2O4. The van der Waals surface area contributed by atoms with Gasteiger partial charge in [0.15, 0.2) is 0 Å². The highest BCUT2D eigenvalue weighted by Crippen LogP contribution is 2.15. The summed E-state index contributed by atoms with van der Waals surface area (Å²) in [5.41, 5.74) is 5.61. The van der Waals surface area contributed by atoms with E-state index in [9.17, 15) is 10.1 Å². The van der Waals surface area contributed by atoms with Crippen LogP contribution in [0.3, 0.4) is 0 Å². The largest absolute Gasteiger partial charge is 0.495 e. The van der Waals surface area contributed by atoms with Crippen molar-refractivity contribution in [3.8, 4) is 0 Å². The number of nitro benzene ring substituents is 1. The van der Waals surface area contributed by atoms with Crippen molar-refractivity contribution in [3.63, 3.8) is 0 Å². The van der Waals surface area contributed by atoms with E-state index in [-0.39, 0.29) is 11.2 Å². The summed E-state index contributed by atoms with van der Waals surface area (Å²) in [6.07, 6.45) is 0.468. The maximum Gasteiger partial charge on any atom is 0.495 e. The summed E-state index contributed by atoms with van der Waals surface area (Å²) < 4.78 is 0. The molecule has 0 aliphatic rings. The molecule has 0 aromatic heterocycles. The average molecular weight is 238 g/mol. The summed E-state index contributed by atoms with van der Waals surface area (Å²) in [7, 11) is -1.85. The Bertz CT molecular complexity index is 429. The fourth-order valence-electron chi connectivity index (χ4n) is 1.60. The molecule has 1 rings (SSSR count). The van der Waals surface area contributed by atoms with E-state index in [1.165, 1.54) is 12.1 Å². The van der Waals surface area contributed by atoms with Crippen LogP contribution in [0.25, 0.3) is 0 Å². The molecule has 0 unspecified atom stereocenters. The standard InChI is InChI=1S/C10H15BN2O4/c1-10(2,12)6-7-3-4-8(11(14)15)9(5-7)13(16)17/h3-5,14-15H,6,12H2,1-2H3. The summed E-state index contributed by atoms with van der Waals surface area (Å²) in [4.78, 5) is 10.2. The van der Waals surface area contributed by atoms with Crippen LogP contribution in [0, 0.1) is 10.1 Å². The van der Waals surface area contributed by atoms with E-state index in [1.807, 2.05) is 13.8 Å². The van der Waals surface area contributed by atoms with Gasteiger partial charge >= 0.3 is 7.12 Å². The van der Waals surface area contributed by atoms with Gasteiger partial charge in [-0.1, -0.05) is 12.1 Å². The predicted octanol–water partition coefficient (Wildman–Crippen LogP) is -0.446. The summed E-state index contributed by atoms with van der Waals surface area (Å²) in [5, 5.41) is 28.8. The van der Waals surface area contributed by atoms with Crippen LogP contribution in [0.1, 0.15) is 19.4 Å². The topological polar surface area (TPSA) is 110 Å². The number of rotatable bonds is 4. The summed E-state index contributed by atoms with van der Waals surface area (Å²) in [5.74, 6) is 0. The van der Waals surface area contributed by atoms with Crippen molar-refractivity contribution >= 4 is 18.3 Å². The Labute approximate surface area is 99.4 Å². The van der Waals surface area contributed by atoms with Gasteiger partial charge in [0.25, 0.3) is 5.69 Å². The van der Waals surface area contributed by atoms with Gasteiger partial charge in [0.05, 0.1) is 10.4 Å².